The van der Waals surface area contributed by atoms with Gasteiger partial charge in [0.1, 0.15) is 11.5 Å². The molecule has 164 valence electrons. The fourth-order valence-electron chi connectivity index (χ4n) is 2.81. The number of nitrogens with zero attached hydrogens (tertiary/aromatic N) is 3. The fraction of sp³-hybridized carbons (Fsp3) is 0.350. The molecule has 2 aromatic heterocycles. The number of amides is 1. The van der Waals surface area contributed by atoms with Crippen LogP contribution in [-0.4, -0.2) is 48.0 Å². The summed E-state index contributed by atoms with van der Waals surface area (Å²) in [5.41, 5.74) is 7.73. The number of rotatable bonds is 8. The minimum absolute atomic E-state index is 0. The van der Waals surface area contributed by atoms with Gasteiger partial charge in [-0.3, -0.25) is 4.79 Å². The molecule has 3 rings (SSSR count). The zero-order valence-corrected chi connectivity index (χ0v) is 18.8. The Balaban J connectivity index is 0.00000225. The highest BCUT2D eigenvalue weighted by atomic mass is 35.5. The van der Waals surface area contributed by atoms with Crippen LogP contribution in [0, 0.1) is 5.92 Å². The van der Waals surface area contributed by atoms with Crippen molar-refractivity contribution in [1.82, 2.24) is 20.1 Å². The number of carbonyl (C=O) groups is 1. The first kappa shape index (κ1) is 25.5. The third kappa shape index (κ3) is 5.75. The van der Waals surface area contributed by atoms with Gasteiger partial charge in [-0.05, 0) is 30.7 Å². The van der Waals surface area contributed by atoms with Crippen molar-refractivity contribution >= 4 is 41.8 Å². The Hall–Kier alpha value is -2.55. The van der Waals surface area contributed by atoms with E-state index < -0.39 is 0 Å². The first-order valence-electron chi connectivity index (χ1n) is 9.06. The standard InChI is InChI=1S/C20H25N5O3.2ClH/c1-13(8-21)9-23-20(26)16-6-15-11-24-25(19(15)22-10-16)12-14-4-5-17(27-2)7-18(14)28-3;;/h4-7,10-11,13H,8-9,12,21H2,1-3H3,(H,23,26);2*1H. The van der Waals surface area contributed by atoms with Crippen LogP contribution in [0.1, 0.15) is 22.8 Å². The number of fused-ring (bicyclic) bond motifs is 1. The zero-order chi connectivity index (χ0) is 20.1. The van der Waals surface area contributed by atoms with Crippen LogP contribution in [0.3, 0.4) is 0 Å². The lowest BCUT2D eigenvalue weighted by Gasteiger charge is -2.11. The number of nitrogens with two attached hydrogens (primary N) is 1. The van der Waals surface area contributed by atoms with Crippen molar-refractivity contribution in [1.29, 1.82) is 0 Å². The maximum atomic E-state index is 12.3. The Labute approximate surface area is 188 Å². The van der Waals surface area contributed by atoms with Gasteiger partial charge in [0.15, 0.2) is 5.65 Å². The lowest BCUT2D eigenvalue weighted by molar-refractivity contribution is 0.0948. The molecule has 1 atom stereocenters. The monoisotopic (exact) mass is 455 g/mol. The van der Waals surface area contributed by atoms with E-state index in [9.17, 15) is 4.79 Å². The van der Waals surface area contributed by atoms with Gasteiger partial charge in [0.05, 0.1) is 32.5 Å². The van der Waals surface area contributed by atoms with Gasteiger partial charge in [0.25, 0.3) is 5.91 Å². The van der Waals surface area contributed by atoms with Crippen molar-refractivity contribution in [2.75, 3.05) is 27.3 Å². The molecule has 1 unspecified atom stereocenters. The number of hydrogen-bond donors (Lipinski definition) is 2. The molecular weight excluding hydrogens is 429 g/mol. The maximum absolute atomic E-state index is 12.3. The van der Waals surface area contributed by atoms with Crippen molar-refractivity contribution in [3.63, 3.8) is 0 Å². The number of ether oxygens (including phenoxy) is 2. The maximum Gasteiger partial charge on any atom is 0.252 e. The quantitative estimate of drug-likeness (QED) is 0.540. The third-order valence-electron chi connectivity index (χ3n) is 4.57. The van der Waals surface area contributed by atoms with Gasteiger partial charge >= 0.3 is 0 Å². The fourth-order valence-corrected chi connectivity index (χ4v) is 2.81. The summed E-state index contributed by atoms with van der Waals surface area (Å²) in [4.78, 5) is 16.7. The van der Waals surface area contributed by atoms with Crippen molar-refractivity contribution in [3.8, 4) is 11.5 Å². The molecule has 0 aliphatic heterocycles. The molecular formula is C20H27Cl2N5O3. The van der Waals surface area contributed by atoms with Crippen molar-refractivity contribution in [3.05, 3.63) is 47.8 Å². The van der Waals surface area contributed by atoms with Gasteiger partial charge < -0.3 is 20.5 Å². The molecule has 0 fully saturated rings. The minimum atomic E-state index is -0.167. The van der Waals surface area contributed by atoms with E-state index in [1.807, 2.05) is 25.1 Å². The molecule has 3 N–H and O–H groups in total. The second-order valence-corrected chi connectivity index (χ2v) is 6.67. The highest BCUT2D eigenvalue weighted by molar-refractivity contribution is 5.96. The number of halogens is 2. The molecule has 1 amide bonds. The minimum Gasteiger partial charge on any atom is -0.497 e. The molecule has 8 nitrogen and oxygen atoms in total. The first-order chi connectivity index (χ1) is 13.5. The van der Waals surface area contributed by atoms with E-state index in [0.29, 0.717) is 36.6 Å². The van der Waals surface area contributed by atoms with Crippen LogP contribution in [-0.2, 0) is 6.54 Å². The smallest absolute Gasteiger partial charge is 0.252 e. The molecule has 10 heteroatoms. The summed E-state index contributed by atoms with van der Waals surface area (Å²) in [7, 11) is 3.23. The van der Waals surface area contributed by atoms with Crippen LogP contribution in [0.25, 0.3) is 11.0 Å². The Morgan fingerprint density at radius 1 is 1.20 bits per heavy atom. The van der Waals surface area contributed by atoms with Crippen LogP contribution in [0.15, 0.2) is 36.7 Å². The van der Waals surface area contributed by atoms with Gasteiger partial charge in [0.2, 0.25) is 0 Å². The summed E-state index contributed by atoms with van der Waals surface area (Å²) in [6.07, 6.45) is 3.27. The Kier molecular flexibility index (Phi) is 9.84. The zero-order valence-electron chi connectivity index (χ0n) is 17.1. The normalized spacial score (nSPS) is 11.2. The van der Waals surface area contributed by atoms with Gasteiger partial charge in [-0.2, -0.15) is 5.10 Å². The second kappa shape index (κ2) is 11.6. The highest BCUT2D eigenvalue weighted by Gasteiger charge is 2.13. The summed E-state index contributed by atoms with van der Waals surface area (Å²) in [5, 5.41) is 8.09. The Bertz CT molecular complexity index is 980. The van der Waals surface area contributed by atoms with E-state index in [4.69, 9.17) is 15.2 Å². The molecule has 0 spiro atoms. The van der Waals surface area contributed by atoms with Gasteiger partial charge in [-0.15, -0.1) is 24.8 Å². The molecule has 0 saturated carbocycles. The summed E-state index contributed by atoms with van der Waals surface area (Å²) in [5.74, 6) is 1.50. The van der Waals surface area contributed by atoms with E-state index in [0.717, 1.165) is 16.7 Å². The lowest BCUT2D eigenvalue weighted by Crippen LogP contribution is -2.31. The number of hydrogen-bond acceptors (Lipinski definition) is 6. The third-order valence-corrected chi connectivity index (χ3v) is 4.57. The van der Waals surface area contributed by atoms with E-state index in [2.05, 4.69) is 15.4 Å². The van der Waals surface area contributed by atoms with Gasteiger partial charge in [-0.25, -0.2) is 9.67 Å². The van der Waals surface area contributed by atoms with E-state index in [-0.39, 0.29) is 36.6 Å². The summed E-state index contributed by atoms with van der Waals surface area (Å²) in [6.45, 7) is 3.53. The topological polar surface area (TPSA) is 104 Å². The highest BCUT2D eigenvalue weighted by Crippen LogP contribution is 2.26. The molecule has 0 aliphatic carbocycles. The number of benzene rings is 1. The predicted octanol–water partition coefficient (Wildman–Crippen LogP) is 2.67. The number of nitrogens with one attached hydrogen (secondary N) is 1. The summed E-state index contributed by atoms with van der Waals surface area (Å²) in [6, 6.07) is 7.44. The largest absolute Gasteiger partial charge is 0.497 e. The van der Waals surface area contributed by atoms with Crippen molar-refractivity contribution in [2.45, 2.75) is 13.5 Å². The van der Waals surface area contributed by atoms with Crippen molar-refractivity contribution < 1.29 is 14.3 Å². The number of aromatic nitrogens is 3. The molecule has 0 aliphatic rings. The van der Waals surface area contributed by atoms with Crippen LogP contribution in [0.5, 0.6) is 11.5 Å². The van der Waals surface area contributed by atoms with Gasteiger partial charge in [-0.1, -0.05) is 6.92 Å². The summed E-state index contributed by atoms with van der Waals surface area (Å²) >= 11 is 0. The molecule has 0 saturated heterocycles. The molecule has 2 heterocycles. The predicted molar refractivity (Wildman–Crippen MR) is 121 cm³/mol. The Morgan fingerprint density at radius 3 is 2.63 bits per heavy atom. The number of pyridine rings is 1. The van der Waals surface area contributed by atoms with Crippen LogP contribution in [0.4, 0.5) is 0 Å². The number of methoxy groups -OCH3 is 2. The molecule has 3 aromatic rings. The molecule has 1 aromatic carbocycles. The van der Waals surface area contributed by atoms with E-state index in [1.165, 1.54) is 0 Å². The first-order valence-corrected chi connectivity index (χ1v) is 9.06. The molecule has 0 bridgehead atoms. The lowest BCUT2D eigenvalue weighted by atomic mass is 10.1. The van der Waals surface area contributed by atoms with E-state index >= 15 is 0 Å². The second-order valence-electron chi connectivity index (χ2n) is 6.67. The SMILES string of the molecule is COc1ccc(Cn2ncc3cc(C(=O)NCC(C)CN)cnc32)c(OC)c1.Cl.Cl. The van der Waals surface area contributed by atoms with Crippen LogP contribution in [0.2, 0.25) is 0 Å². The van der Waals surface area contributed by atoms with Crippen molar-refractivity contribution in [2.24, 2.45) is 11.7 Å². The number of carbonyl (C=O) groups excluding carboxylic acids is 1. The van der Waals surface area contributed by atoms with Gasteiger partial charge in [0, 0.05) is 29.8 Å². The average molecular weight is 456 g/mol. The Morgan fingerprint density at radius 2 is 1.97 bits per heavy atom. The molecule has 30 heavy (non-hydrogen) atoms. The summed E-state index contributed by atoms with van der Waals surface area (Å²) < 4.78 is 12.5. The van der Waals surface area contributed by atoms with Crippen LogP contribution < -0.4 is 20.5 Å². The van der Waals surface area contributed by atoms with E-state index in [1.54, 1.807) is 37.4 Å². The molecule has 0 radical (unpaired) electrons. The van der Waals surface area contributed by atoms with Crippen LogP contribution >= 0.6 is 24.8 Å². The average Bonchev–Trinajstić information content (AvgIpc) is 3.13.